The maximum atomic E-state index is 11.7. The van der Waals surface area contributed by atoms with Crippen molar-refractivity contribution < 1.29 is 9.90 Å². The van der Waals surface area contributed by atoms with E-state index in [2.05, 4.69) is 15.6 Å². The Morgan fingerprint density at radius 2 is 2.38 bits per heavy atom. The van der Waals surface area contributed by atoms with Crippen molar-refractivity contribution in [3.05, 3.63) is 0 Å². The van der Waals surface area contributed by atoms with Crippen molar-refractivity contribution in [3.63, 3.8) is 0 Å². The molecule has 2 saturated heterocycles. The summed E-state index contributed by atoms with van der Waals surface area (Å²) >= 11 is 1.78. The average molecular weight is 314 g/mol. The normalized spacial score (nSPS) is 29.8. The molecule has 3 N–H and O–H groups in total. The first-order valence-electron chi connectivity index (χ1n) is 7.61. The first-order chi connectivity index (χ1) is 10.1. The largest absolute Gasteiger partial charge is 0.387 e. The summed E-state index contributed by atoms with van der Waals surface area (Å²) in [6.45, 7) is 3.95. The zero-order valence-electron chi connectivity index (χ0n) is 12.9. The topological polar surface area (TPSA) is 77.0 Å². The van der Waals surface area contributed by atoms with Crippen LogP contribution in [0.2, 0.25) is 0 Å². The summed E-state index contributed by atoms with van der Waals surface area (Å²) in [6, 6.07) is 0.235. The Morgan fingerprint density at radius 1 is 1.57 bits per heavy atom. The third-order valence-corrected chi connectivity index (χ3v) is 5.31. The van der Waals surface area contributed by atoms with Crippen molar-refractivity contribution in [2.75, 3.05) is 38.2 Å². The summed E-state index contributed by atoms with van der Waals surface area (Å²) in [4.78, 5) is 17.8. The molecule has 0 radical (unpaired) electrons. The zero-order valence-corrected chi connectivity index (χ0v) is 13.7. The highest BCUT2D eigenvalue weighted by Gasteiger charge is 2.32. The summed E-state index contributed by atoms with van der Waals surface area (Å²) in [5.41, 5.74) is -0.623. The second kappa shape index (κ2) is 7.35. The van der Waals surface area contributed by atoms with Gasteiger partial charge >= 0.3 is 0 Å². The Bertz CT molecular complexity index is 396. The highest BCUT2D eigenvalue weighted by atomic mass is 32.2. The van der Waals surface area contributed by atoms with Crippen LogP contribution < -0.4 is 10.6 Å². The number of likely N-dealkylation sites (tertiary alicyclic amines) is 1. The molecule has 2 atom stereocenters. The number of guanidine groups is 1. The van der Waals surface area contributed by atoms with E-state index in [1.54, 1.807) is 18.8 Å². The zero-order chi connectivity index (χ0) is 15.3. The van der Waals surface area contributed by atoms with Crippen LogP contribution in [-0.4, -0.2) is 71.7 Å². The van der Waals surface area contributed by atoms with Crippen LogP contribution in [0.4, 0.5) is 0 Å². The fraction of sp³-hybridized carbons (Fsp3) is 0.857. The quantitative estimate of drug-likeness (QED) is 0.504. The van der Waals surface area contributed by atoms with E-state index in [0.29, 0.717) is 18.9 Å². The summed E-state index contributed by atoms with van der Waals surface area (Å²) in [7, 11) is 1.73. The SMILES string of the molecule is CCC(=O)N1CCC(NC(=NC)NCC2(O)CCSC2)C1. The van der Waals surface area contributed by atoms with Crippen LogP contribution >= 0.6 is 11.8 Å². The predicted octanol–water partition coefficient (Wildman–Crippen LogP) is 0.0303. The molecule has 0 aromatic rings. The Morgan fingerprint density at radius 3 is 3.00 bits per heavy atom. The standard InChI is InChI=1S/C14H26N4O2S/c1-3-12(19)18-6-4-11(8-18)17-13(15-2)16-9-14(20)5-7-21-10-14/h11,20H,3-10H2,1-2H3,(H2,15,16,17). The van der Waals surface area contributed by atoms with Gasteiger partial charge in [-0.05, 0) is 18.6 Å². The monoisotopic (exact) mass is 314 g/mol. The van der Waals surface area contributed by atoms with Gasteiger partial charge in [-0.1, -0.05) is 6.92 Å². The predicted molar refractivity (Wildman–Crippen MR) is 86.7 cm³/mol. The van der Waals surface area contributed by atoms with Gasteiger partial charge in [0, 0.05) is 44.9 Å². The number of carbonyl (C=O) groups excluding carboxylic acids is 1. The van der Waals surface area contributed by atoms with Crippen LogP contribution in [0, 0.1) is 0 Å². The lowest BCUT2D eigenvalue weighted by atomic mass is 10.0. The van der Waals surface area contributed by atoms with Crippen LogP contribution in [0.15, 0.2) is 4.99 Å². The molecular formula is C14H26N4O2S. The number of rotatable bonds is 4. The van der Waals surface area contributed by atoms with Gasteiger partial charge in [0.15, 0.2) is 5.96 Å². The molecule has 0 spiro atoms. The highest BCUT2D eigenvalue weighted by molar-refractivity contribution is 7.99. The molecule has 0 aliphatic carbocycles. The van der Waals surface area contributed by atoms with Gasteiger partial charge in [0.2, 0.25) is 5.91 Å². The van der Waals surface area contributed by atoms with Crippen molar-refractivity contribution in [2.45, 2.75) is 37.8 Å². The third-order valence-electron chi connectivity index (χ3n) is 4.08. The van der Waals surface area contributed by atoms with Crippen LogP contribution in [0.25, 0.3) is 0 Å². The first-order valence-corrected chi connectivity index (χ1v) is 8.77. The smallest absolute Gasteiger partial charge is 0.222 e. The maximum Gasteiger partial charge on any atom is 0.222 e. The Balaban J connectivity index is 1.77. The molecule has 0 aromatic heterocycles. The van der Waals surface area contributed by atoms with Crippen molar-refractivity contribution in [1.82, 2.24) is 15.5 Å². The molecule has 6 nitrogen and oxygen atoms in total. The van der Waals surface area contributed by atoms with Gasteiger partial charge in [-0.3, -0.25) is 9.79 Å². The molecule has 120 valence electrons. The maximum absolute atomic E-state index is 11.7. The number of thioether (sulfide) groups is 1. The summed E-state index contributed by atoms with van der Waals surface area (Å²) in [5, 5.41) is 16.9. The van der Waals surface area contributed by atoms with Gasteiger partial charge in [-0.25, -0.2) is 0 Å². The molecule has 2 aliphatic rings. The number of aliphatic hydroxyl groups is 1. The second-order valence-electron chi connectivity index (χ2n) is 5.78. The van der Waals surface area contributed by atoms with Gasteiger partial charge in [0.05, 0.1) is 5.60 Å². The lowest BCUT2D eigenvalue weighted by Crippen LogP contribution is -2.50. The van der Waals surface area contributed by atoms with Crippen LogP contribution in [0.1, 0.15) is 26.2 Å². The lowest BCUT2D eigenvalue weighted by Gasteiger charge is -2.24. The molecule has 0 saturated carbocycles. The van der Waals surface area contributed by atoms with E-state index in [9.17, 15) is 9.90 Å². The number of carbonyl (C=O) groups is 1. The van der Waals surface area contributed by atoms with Gasteiger partial charge in [0.25, 0.3) is 0 Å². The number of hydrogen-bond donors (Lipinski definition) is 3. The van der Waals surface area contributed by atoms with Crippen molar-refractivity contribution >= 4 is 23.6 Å². The molecular weight excluding hydrogens is 288 g/mol. The van der Waals surface area contributed by atoms with E-state index >= 15 is 0 Å². The molecule has 7 heteroatoms. The highest BCUT2D eigenvalue weighted by Crippen LogP contribution is 2.26. The molecule has 2 rings (SSSR count). The third kappa shape index (κ3) is 4.51. The van der Waals surface area contributed by atoms with Gasteiger partial charge < -0.3 is 20.6 Å². The fourth-order valence-electron chi connectivity index (χ4n) is 2.70. The van der Waals surface area contributed by atoms with E-state index in [-0.39, 0.29) is 11.9 Å². The van der Waals surface area contributed by atoms with Gasteiger partial charge in [-0.2, -0.15) is 11.8 Å². The number of nitrogens with zero attached hydrogens (tertiary/aromatic N) is 2. The van der Waals surface area contributed by atoms with Crippen LogP contribution in [-0.2, 0) is 4.79 Å². The van der Waals surface area contributed by atoms with E-state index in [0.717, 1.165) is 37.4 Å². The number of aliphatic imine (C=N–C) groups is 1. The number of amides is 1. The molecule has 1 amide bonds. The van der Waals surface area contributed by atoms with Crippen LogP contribution in [0.3, 0.4) is 0 Å². The molecule has 2 heterocycles. The second-order valence-corrected chi connectivity index (χ2v) is 6.88. The number of nitrogens with one attached hydrogen (secondary N) is 2. The first kappa shape index (κ1) is 16.4. The Kier molecular flexibility index (Phi) is 5.75. The van der Waals surface area contributed by atoms with Gasteiger partial charge in [0.1, 0.15) is 0 Å². The fourth-order valence-corrected chi connectivity index (χ4v) is 4.00. The van der Waals surface area contributed by atoms with Crippen LogP contribution in [0.5, 0.6) is 0 Å². The Hall–Kier alpha value is -0.950. The summed E-state index contributed by atoms with van der Waals surface area (Å²) in [5.74, 6) is 2.70. The average Bonchev–Trinajstić information content (AvgIpc) is 3.12. The van der Waals surface area contributed by atoms with Crippen molar-refractivity contribution in [3.8, 4) is 0 Å². The minimum absolute atomic E-state index is 0.208. The Labute approximate surface area is 130 Å². The minimum atomic E-state index is -0.623. The van der Waals surface area contributed by atoms with E-state index in [1.807, 2.05) is 11.8 Å². The van der Waals surface area contributed by atoms with Crippen molar-refractivity contribution in [1.29, 1.82) is 0 Å². The molecule has 0 bridgehead atoms. The molecule has 2 unspecified atom stereocenters. The lowest BCUT2D eigenvalue weighted by molar-refractivity contribution is -0.129. The van der Waals surface area contributed by atoms with Crippen molar-refractivity contribution in [2.24, 2.45) is 4.99 Å². The van der Waals surface area contributed by atoms with Gasteiger partial charge in [-0.15, -0.1) is 0 Å². The molecule has 0 aromatic carbocycles. The van der Waals surface area contributed by atoms with E-state index < -0.39 is 5.60 Å². The molecule has 2 aliphatic heterocycles. The summed E-state index contributed by atoms with van der Waals surface area (Å²) < 4.78 is 0. The molecule has 2 fully saturated rings. The molecule has 21 heavy (non-hydrogen) atoms. The number of hydrogen-bond acceptors (Lipinski definition) is 4. The van der Waals surface area contributed by atoms with E-state index in [1.165, 1.54) is 0 Å². The van der Waals surface area contributed by atoms with E-state index in [4.69, 9.17) is 0 Å². The minimum Gasteiger partial charge on any atom is -0.387 e. The summed E-state index contributed by atoms with van der Waals surface area (Å²) in [6.07, 6.45) is 2.32.